The zero-order valence-corrected chi connectivity index (χ0v) is 14.3. The monoisotopic (exact) mass is 360 g/mol. The van der Waals surface area contributed by atoms with E-state index in [2.05, 4.69) is 10.2 Å². The van der Waals surface area contributed by atoms with Crippen molar-refractivity contribution in [1.82, 2.24) is 10.2 Å². The van der Waals surface area contributed by atoms with Crippen molar-refractivity contribution in [2.45, 2.75) is 4.90 Å². The second-order valence-electron chi connectivity index (χ2n) is 5.71. The summed E-state index contributed by atoms with van der Waals surface area (Å²) < 4.78 is 22.5. The Morgan fingerprint density at radius 3 is 2.09 bits per heavy atom. The molecule has 3 N–H and O–H groups in total. The molecule has 128 valence electrons. The van der Waals surface area contributed by atoms with Crippen LogP contribution in [0.3, 0.4) is 0 Å². The van der Waals surface area contributed by atoms with Crippen molar-refractivity contribution in [2.75, 3.05) is 44.2 Å². The van der Waals surface area contributed by atoms with E-state index in [-0.39, 0.29) is 29.1 Å². The van der Waals surface area contributed by atoms with Crippen molar-refractivity contribution in [1.29, 1.82) is 0 Å². The Bertz CT molecular complexity index is 653. The summed E-state index contributed by atoms with van der Waals surface area (Å²) >= 11 is 0. The van der Waals surface area contributed by atoms with Crippen LogP contribution in [0, 0.1) is 5.92 Å². The van der Waals surface area contributed by atoms with Crippen LogP contribution in [-0.2, 0) is 14.8 Å². The van der Waals surface area contributed by atoms with Gasteiger partial charge in [-0.3, -0.25) is 4.79 Å². The van der Waals surface area contributed by atoms with Crippen molar-refractivity contribution in [3.8, 4) is 0 Å². The van der Waals surface area contributed by atoms with E-state index in [0.717, 1.165) is 31.9 Å². The highest BCUT2D eigenvalue weighted by atomic mass is 35.5. The van der Waals surface area contributed by atoms with Crippen LogP contribution < -0.4 is 15.4 Å². The van der Waals surface area contributed by atoms with Crippen molar-refractivity contribution in [3.63, 3.8) is 0 Å². The van der Waals surface area contributed by atoms with Gasteiger partial charge in [-0.05, 0) is 24.3 Å². The topological polar surface area (TPSA) is 95.7 Å². The van der Waals surface area contributed by atoms with Crippen LogP contribution in [0.4, 0.5) is 5.69 Å². The standard InChI is InChI=1S/C14H20N4O3S.ClH/c15-22(20,21)13-3-1-12(2-4-13)17-5-7-18(8-6-17)14(19)11-9-16-10-11;/h1-4,11,16H,5-10H2,(H2,15,20,21);1H. The number of nitrogens with zero attached hydrogens (tertiary/aromatic N) is 2. The van der Waals surface area contributed by atoms with E-state index in [1.165, 1.54) is 12.1 Å². The van der Waals surface area contributed by atoms with Crippen LogP contribution in [0.1, 0.15) is 0 Å². The number of nitrogens with one attached hydrogen (secondary N) is 1. The van der Waals surface area contributed by atoms with Crippen LogP contribution in [0.15, 0.2) is 29.2 Å². The van der Waals surface area contributed by atoms with Crippen LogP contribution in [0.2, 0.25) is 0 Å². The number of primary sulfonamides is 1. The van der Waals surface area contributed by atoms with Crippen LogP contribution in [0.25, 0.3) is 0 Å². The minimum atomic E-state index is -3.65. The molecule has 0 bridgehead atoms. The van der Waals surface area contributed by atoms with E-state index in [4.69, 9.17) is 5.14 Å². The van der Waals surface area contributed by atoms with E-state index in [1.807, 2.05) is 4.90 Å². The fourth-order valence-corrected chi connectivity index (χ4v) is 3.27. The third-order valence-electron chi connectivity index (χ3n) is 4.25. The van der Waals surface area contributed by atoms with Gasteiger partial charge in [-0.25, -0.2) is 13.6 Å². The van der Waals surface area contributed by atoms with Gasteiger partial charge >= 0.3 is 0 Å². The Hall–Kier alpha value is -1.35. The van der Waals surface area contributed by atoms with Gasteiger partial charge in [0, 0.05) is 45.0 Å². The summed E-state index contributed by atoms with van der Waals surface area (Å²) in [6, 6.07) is 6.55. The molecule has 23 heavy (non-hydrogen) atoms. The number of halogens is 1. The quantitative estimate of drug-likeness (QED) is 0.766. The lowest BCUT2D eigenvalue weighted by molar-refractivity contribution is -0.137. The lowest BCUT2D eigenvalue weighted by Gasteiger charge is -2.39. The minimum Gasteiger partial charge on any atom is -0.368 e. The summed E-state index contributed by atoms with van der Waals surface area (Å²) in [5, 5.41) is 8.21. The molecule has 0 radical (unpaired) electrons. The molecule has 7 nitrogen and oxygen atoms in total. The molecule has 1 amide bonds. The molecule has 2 fully saturated rings. The van der Waals surface area contributed by atoms with Crippen molar-refractivity contribution in [3.05, 3.63) is 24.3 Å². The molecule has 0 spiro atoms. The number of nitrogens with two attached hydrogens (primary N) is 1. The SMILES string of the molecule is Cl.NS(=O)(=O)c1ccc(N2CCN(C(=O)C3CNC3)CC2)cc1. The molecule has 9 heteroatoms. The van der Waals surface area contributed by atoms with E-state index in [0.29, 0.717) is 13.1 Å². The average molecular weight is 361 g/mol. The van der Waals surface area contributed by atoms with Crippen LogP contribution >= 0.6 is 12.4 Å². The maximum atomic E-state index is 12.2. The zero-order valence-electron chi connectivity index (χ0n) is 12.6. The van der Waals surface area contributed by atoms with Gasteiger partial charge in [0.1, 0.15) is 0 Å². The molecule has 0 saturated carbocycles. The van der Waals surface area contributed by atoms with Crippen LogP contribution in [0.5, 0.6) is 0 Å². The third kappa shape index (κ3) is 3.95. The Balaban J connectivity index is 0.00000192. The molecular formula is C14H21ClN4O3S. The number of hydrogen-bond acceptors (Lipinski definition) is 5. The molecule has 2 heterocycles. The number of benzene rings is 1. The lowest BCUT2D eigenvalue weighted by atomic mass is 10.0. The Morgan fingerprint density at radius 1 is 1.09 bits per heavy atom. The lowest BCUT2D eigenvalue weighted by Crippen LogP contribution is -2.56. The highest BCUT2D eigenvalue weighted by molar-refractivity contribution is 7.89. The van der Waals surface area contributed by atoms with Gasteiger partial charge < -0.3 is 15.1 Å². The van der Waals surface area contributed by atoms with Gasteiger partial charge in [0.25, 0.3) is 0 Å². The second kappa shape index (κ2) is 7.04. The number of piperazine rings is 1. The molecule has 2 saturated heterocycles. The van der Waals surface area contributed by atoms with Crippen molar-refractivity contribution >= 4 is 34.0 Å². The number of carbonyl (C=O) groups excluding carboxylic acids is 1. The predicted octanol–water partition coefficient (Wildman–Crippen LogP) is -0.376. The molecule has 0 aliphatic carbocycles. The van der Waals surface area contributed by atoms with Gasteiger partial charge in [-0.1, -0.05) is 0 Å². The first kappa shape index (κ1) is 18.0. The number of amides is 1. The highest BCUT2D eigenvalue weighted by Crippen LogP contribution is 2.20. The molecule has 0 atom stereocenters. The maximum Gasteiger partial charge on any atom is 0.238 e. The summed E-state index contributed by atoms with van der Waals surface area (Å²) in [7, 11) is -3.65. The molecule has 0 aromatic heterocycles. The zero-order chi connectivity index (χ0) is 15.7. The summed E-state index contributed by atoms with van der Waals surface area (Å²) in [4.78, 5) is 16.3. The van der Waals surface area contributed by atoms with Crippen molar-refractivity contribution in [2.24, 2.45) is 11.1 Å². The molecule has 3 rings (SSSR count). The first-order valence-electron chi connectivity index (χ1n) is 7.32. The Morgan fingerprint density at radius 2 is 1.65 bits per heavy atom. The smallest absolute Gasteiger partial charge is 0.238 e. The van der Waals surface area contributed by atoms with Gasteiger partial charge in [-0.2, -0.15) is 0 Å². The first-order chi connectivity index (χ1) is 10.4. The third-order valence-corrected chi connectivity index (χ3v) is 5.18. The molecule has 2 aliphatic rings. The minimum absolute atomic E-state index is 0. The van der Waals surface area contributed by atoms with E-state index >= 15 is 0 Å². The molecule has 1 aromatic carbocycles. The van der Waals surface area contributed by atoms with E-state index in [1.54, 1.807) is 12.1 Å². The second-order valence-corrected chi connectivity index (χ2v) is 7.27. The number of sulfonamides is 1. The summed E-state index contributed by atoms with van der Waals surface area (Å²) in [6.07, 6.45) is 0. The summed E-state index contributed by atoms with van der Waals surface area (Å²) in [5.41, 5.74) is 0.949. The number of anilines is 1. The summed E-state index contributed by atoms with van der Waals surface area (Å²) in [6.45, 7) is 4.47. The molecule has 2 aliphatic heterocycles. The maximum absolute atomic E-state index is 12.2. The number of rotatable bonds is 3. The Labute approximate surface area is 142 Å². The van der Waals surface area contributed by atoms with Gasteiger partial charge in [0.2, 0.25) is 15.9 Å². The van der Waals surface area contributed by atoms with Gasteiger partial charge in [0.05, 0.1) is 10.8 Å². The largest absolute Gasteiger partial charge is 0.368 e. The highest BCUT2D eigenvalue weighted by Gasteiger charge is 2.31. The van der Waals surface area contributed by atoms with Crippen molar-refractivity contribution < 1.29 is 13.2 Å². The fourth-order valence-electron chi connectivity index (χ4n) is 2.75. The predicted molar refractivity (Wildman–Crippen MR) is 90.2 cm³/mol. The average Bonchev–Trinajstić information content (AvgIpc) is 2.45. The molecular weight excluding hydrogens is 340 g/mol. The van der Waals surface area contributed by atoms with E-state index < -0.39 is 10.0 Å². The van der Waals surface area contributed by atoms with Crippen LogP contribution in [-0.4, -0.2) is 58.5 Å². The summed E-state index contributed by atoms with van der Waals surface area (Å²) in [5.74, 6) is 0.378. The number of hydrogen-bond donors (Lipinski definition) is 2. The number of carbonyl (C=O) groups is 1. The fraction of sp³-hybridized carbons (Fsp3) is 0.500. The van der Waals surface area contributed by atoms with Gasteiger partial charge in [0.15, 0.2) is 0 Å². The van der Waals surface area contributed by atoms with E-state index in [9.17, 15) is 13.2 Å². The molecule has 1 aromatic rings. The van der Waals surface area contributed by atoms with Gasteiger partial charge in [-0.15, -0.1) is 12.4 Å². The normalized spacial score (nSPS) is 19.0. The molecule has 0 unspecified atom stereocenters. The first-order valence-corrected chi connectivity index (χ1v) is 8.87. The Kier molecular flexibility index (Phi) is 5.51.